The summed E-state index contributed by atoms with van der Waals surface area (Å²) in [6.45, 7) is 1.54. The summed E-state index contributed by atoms with van der Waals surface area (Å²) in [6.07, 6.45) is 2.84. The summed E-state index contributed by atoms with van der Waals surface area (Å²) in [5, 5.41) is 12.1. The summed E-state index contributed by atoms with van der Waals surface area (Å²) < 4.78 is 21.7. The Morgan fingerprint density at radius 2 is 2.04 bits per heavy atom. The molecule has 0 aliphatic carbocycles. The monoisotopic (exact) mass is 384 g/mol. The van der Waals surface area contributed by atoms with E-state index in [9.17, 15) is 9.18 Å². The number of nitrogens with two attached hydrogens (primary N) is 1. The molecule has 8 nitrogen and oxygen atoms in total. The third-order valence-electron chi connectivity index (χ3n) is 5.19. The fraction of sp³-hybridized carbons (Fsp3) is 0.368. The molecule has 1 amide bonds. The van der Waals surface area contributed by atoms with Crippen molar-refractivity contribution < 1.29 is 13.6 Å². The molecule has 0 spiro atoms. The molecule has 4 rings (SSSR count). The molecule has 3 aromatic rings. The van der Waals surface area contributed by atoms with Gasteiger partial charge in [0.15, 0.2) is 5.82 Å². The zero-order chi connectivity index (χ0) is 19.5. The molecule has 3 heterocycles. The maximum atomic E-state index is 14.7. The summed E-state index contributed by atoms with van der Waals surface area (Å²) in [6, 6.07) is 9.78. The van der Waals surface area contributed by atoms with Crippen LogP contribution >= 0.6 is 0 Å². The van der Waals surface area contributed by atoms with E-state index >= 15 is 0 Å². The van der Waals surface area contributed by atoms with Gasteiger partial charge in [0.1, 0.15) is 24.2 Å². The van der Waals surface area contributed by atoms with Crippen LogP contribution < -0.4 is 5.73 Å². The van der Waals surface area contributed by atoms with Crippen LogP contribution in [0.5, 0.6) is 0 Å². The van der Waals surface area contributed by atoms with Crippen molar-refractivity contribution in [2.24, 2.45) is 11.7 Å². The zero-order valence-corrected chi connectivity index (χ0v) is 15.2. The number of hydrogen-bond acceptors (Lipinski definition) is 6. The molecule has 0 saturated carbocycles. The van der Waals surface area contributed by atoms with Crippen LogP contribution in [-0.2, 0) is 11.3 Å². The van der Waals surface area contributed by atoms with Crippen LogP contribution in [0.15, 0.2) is 47.1 Å². The van der Waals surface area contributed by atoms with Crippen molar-refractivity contribution >= 4 is 5.91 Å². The van der Waals surface area contributed by atoms with Gasteiger partial charge in [0.05, 0.1) is 6.26 Å². The van der Waals surface area contributed by atoms with E-state index in [1.54, 1.807) is 35.2 Å². The molecule has 1 fully saturated rings. The smallest absolute Gasteiger partial charge is 0.220 e. The largest absolute Gasteiger partial charge is 0.467 e. The fourth-order valence-corrected chi connectivity index (χ4v) is 3.71. The zero-order valence-electron chi connectivity index (χ0n) is 15.2. The van der Waals surface area contributed by atoms with Crippen LogP contribution in [0, 0.1) is 11.7 Å². The predicted molar refractivity (Wildman–Crippen MR) is 97.4 cm³/mol. The van der Waals surface area contributed by atoms with Gasteiger partial charge in [-0.25, -0.2) is 9.07 Å². The predicted octanol–water partition coefficient (Wildman–Crippen LogP) is 1.74. The molecule has 0 radical (unpaired) electrons. The number of aromatic nitrogens is 4. The van der Waals surface area contributed by atoms with E-state index in [4.69, 9.17) is 10.2 Å². The van der Waals surface area contributed by atoms with Gasteiger partial charge >= 0.3 is 0 Å². The van der Waals surface area contributed by atoms with Crippen LogP contribution in [-0.4, -0.2) is 44.1 Å². The lowest BCUT2D eigenvalue weighted by molar-refractivity contribution is -0.123. The Hall–Kier alpha value is -3.07. The number of nitrogens with zero attached hydrogens (tertiary/aromatic N) is 5. The third-order valence-corrected chi connectivity index (χ3v) is 5.19. The first kappa shape index (κ1) is 18.3. The first-order chi connectivity index (χ1) is 13.6. The number of carbonyl (C=O) groups is 1. The number of hydrogen-bond donors (Lipinski definition) is 1. The Labute approximate surface area is 161 Å². The molecule has 2 aromatic heterocycles. The van der Waals surface area contributed by atoms with Gasteiger partial charge < -0.3 is 10.2 Å². The Morgan fingerprint density at radius 3 is 2.71 bits per heavy atom. The number of halogens is 1. The normalized spacial score (nSPS) is 16.9. The van der Waals surface area contributed by atoms with Gasteiger partial charge in [-0.15, -0.1) is 5.10 Å². The van der Waals surface area contributed by atoms with Crippen molar-refractivity contribution in [3.63, 3.8) is 0 Å². The van der Waals surface area contributed by atoms with E-state index in [1.807, 2.05) is 6.07 Å². The summed E-state index contributed by atoms with van der Waals surface area (Å²) in [4.78, 5) is 13.6. The van der Waals surface area contributed by atoms with Gasteiger partial charge in [0.25, 0.3) is 0 Å². The highest BCUT2D eigenvalue weighted by Crippen LogP contribution is 2.32. The average Bonchev–Trinajstić information content (AvgIpc) is 3.37. The molecule has 1 aliphatic rings. The Morgan fingerprint density at radius 1 is 1.25 bits per heavy atom. The first-order valence-corrected chi connectivity index (χ1v) is 9.19. The molecule has 1 aromatic carbocycles. The quantitative estimate of drug-likeness (QED) is 0.694. The maximum Gasteiger partial charge on any atom is 0.220 e. The number of piperidine rings is 1. The number of furan rings is 1. The van der Waals surface area contributed by atoms with Crippen molar-refractivity contribution in [3.8, 4) is 0 Å². The van der Waals surface area contributed by atoms with Crippen molar-refractivity contribution in [1.29, 1.82) is 0 Å². The van der Waals surface area contributed by atoms with E-state index in [0.29, 0.717) is 49.6 Å². The molecule has 1 aliphatic heterocycles. The molecule has 2 N–H and O–H groups in total. The van der Waals surface area contributed by atoms with Crippen molar-refractivity contribution in [3.05, 3.63) is 65.6 Å². The second-order valence-electron chi connectivity index (χ2n) is 6.91. The van der Waals surface area contributed by atoms with Gasteiger partial charge in [-0.1, -0.05) is 18.2 Å². The fourth-order valence-electron chi connectivity index (χ4n) is 3.71. The van der Waals surface area contributed by atoms with Crippen molar-refractivity contribution in [1.82, 2.24) is 25.1 Å². The number of tetrazole rings is 1. The van der Waals surface area contributed by atoms with Gasteiger partial charge in [0, 0.05) is 11.5 Å². The molecular weight excluding hydrogens is 363 g/mol. The van der Waals surface area contributed by atoms with Crippen LogP contribution in [0.4, 0.5) is 4.39 Å². The molecule has 146 valence electrons. The standard InChI is InChI=1S/C19H21FN6O2/c20-16-6-2-1-5-15(16)17(25-9-7-13(8-10-25)18(21)27)19-22-23-24-26(19)12-14-4-3-11-28-14/h1-6,11,13,17H,7-10,12H2,(H2,21,27)/t17-/m1/s1. The second kappa shape index (κ2) is 7.89. The summed E-state index contributed by atoms with van der Waals surface area (Å²) in [5.41, 5.74) is 5.95. The minimum absolute atomic E-state index is 0.156. The highest BCUT2D eigenvalue weighted by atomic mass is 19.1. The van der Waals surface area contributed by atoms with Gasteiger partial charge in [-0.05, 0) is 54.6 Å². The van der Waals surface area contributed by atoms with E-state index in [1.165, 1.54) is 6.07 Å². The molecule has 9 heteroatoms. The van der Waals surface area contributed by atoms with E-state index < -0.39 is 6.04 Å². The van der Waals surface area contributed by atoms with Crippen LogP contribution in [0.25, 0.3) is 0 Å². The number of carbonyl (C=O) groups excluding carboxylic acids is 1. The third kappa shape index (κ3) is 3.65. The Bertz CT molecular complexity index is 934. The number of amides is 1. The number of likely N-dealkylation sites (tertiary alicyclic amines) is 1. The number of benzene rings is 1. The summed E-state index contributed by atoms with van der Waals surface area (Å²) >= 11 is 0. The summed E-state index contributed by atoms with van der Waals surface area (Å²) in [7, 11) is 0. The number of rotatable bonds is 6. The summed E-state index contributed by atoms with van der Waals surface area (Å²) in [5.74, 6) is 0.464. The molecule has 28 heavy (non-hydrogen) atoms. The lowest BCUT2D eigenvalue weighted by Crippen LogP contribution is -2.41. The van der Waals surface area contributed by atoms with Crippen LogP contribution in [0.2, 0.25) is 0 Å². The van der Waals surface area contributed by atoms with Gasteiger partial charge in [-0.2, -0.15) is 0 Å². The Kier molecular flexibility index (Phi) is 5.16. The molecule has 0 bridgehead atoms. The molecule has 1 saturated heterocycles. The molecular formula is C19H21FN6O2. The maximum absolute atomic E-state index is 14.7. The van der Waals surface area contributed by atoms with E-state index in [0.717, 1.165) is 0 Å². The minimum Gasteiger partial charge on any atom is -0.467 e. The highest BCUT2D eigenvalue weighted by Gasteiger charge is 2.34. The van der Waals surface area contributed by atoms with E-state index in [-0.39, 0.29) is 17.6 Å². The minimum atomic E-state index is -0.472. The number of primary amides is 1. The van der Waals surface area contributed by atoms with Crippen molar-refractivity contribution in [2.45, 2.75) is 25.4 Å². The van der Waals surface area contributed by atoms with Gasteiger partial charge in [0.2, 0.25) is 5.91 Å². The topological polar surface area (TPSA) is 103 Å². The average molecular weight is 384 g/mol. The lowest BCUT2D eigenvalue weighted by Gasteiger charge is -2.36. The Balaban J connectivity index is 1.68. The second-order valence-corrected chi connectivity index (χ2v) is 6.91. The van der Waals surface area contributed by atoms with Gasteiger partial charge in [-0.3, -0.25) is 9.69 Å². The van der Waals surface area contributed by atoms with Crippen molar-refractivity contribution in [2.75, 3.05) is 13.1 Å². The van der Waals surface area contributed by atoms with E-state index in [2.05, 4.69) is 20.4 Å². The lowest BCUT2D eigenvalue weighted by atomic mass is 9.93. The van der Waals surface area contributed by atoms with Crippen LogP contribution in [0.3, 0.4) is 0 Å². The molecule has 1 atom stereocenters. The molecule has 0 unspecified atom stereocenters. The highest BCUT2D eigenvalue weighted by molar-refractivity contribution is 5.76. The SMILES string of the molecule is NC(=O)C1CCN([C@H](c2ccccc2F)c2nnnn2Cc2ccco2)CC1. The van der Waals surface area contributed by atoms with Crippen LogP contribution in [0.1, 0.15) is 36.0 Å². The first-order valence-electron chi connectivity index (χ1n) is 9.19.